The van der Waals surface area contributed by atoms with E-state index in [0.29, 0.717) is 10.9 Å². The number of aromatic nitrogens is 2. The van der Waals surface area contributed by atoms with Gasteiger partial charge in [0.05, 0.1) is 5.25 Å². The van der Waals surface area contributed by atoms with Crippen molar-refractivity contribution in [2.45, 2.75) is 43.5 Å². The summed E-state index contributed by atoms with van der Waals surface area (Å²) >= 11 is 7.16. The molecule has 0 radical (unpaired) electrons. The Morgan fingerprint density at radius 3 is 2.68 bits per heavy atom. The molecule has 8 heteroatoms. The Bertz CT molecular complexity index is 532. The quantitative estimate of drug-likeness (QED) is 0.847. The maximum absolute atomic E-state index is 11.9. The number of hydrogen-bond donors (Lipinski definition) is 0. The summed E-state index contributed by atoms with van der Waals surface area (Å²) < 4.78 is 28.2. The van der Waals surface area contributed by atoms with Gasteiger partial charge < -0.3 is 0 Å². The average molecular weight is 324 g/mol. The van der Waals surface area contributed by atoms with Crippen molar-refractivity contribution in [3.8, 4) is 0 Å². The maximum Gasteiger partial charge on any atom is 0.151 e. The molecule has 2 rings (SSSR count). The monoisotopic (exact) mass is 323 g/mol. The Labute approximate surface area is 123 Å². The molecule has 1 fully saturated rings. The van der Waals surface area contributed by atoms with Gasteiger partial charge in [0, 0.05) is 30.4 Å². The van der Waals surface area contributed by atoms with Gasteiger partial charge in [0.1, 0.15) is 10.0 Å². The second-order valence-corrected chi connectivity index (χ2v) is 8.75. The van der Waals surface area contributed by atoms with E-state index in [4.69, 9.17) is 11.6 Å². The van der Waals surface area contributed by atoms with Crippen LogP contribution in [-0.2, 0) is 16.4 Å². The van der Waals surface area contributed by atoms with Crippen molar-refractivity contribution in [2.24, 2.45) is 0 Å². The van der Waals surface area contributed by atoms with Gasteiger partial charge in [-0.2, -0.15) is 0 Å². The molecule has 0 N–H and O–H groups in total. The number of nitrogens with zero attached hydrogens (tertiary/aromatic N) is 3. The van der Waals surface area contributed by atoms with E-state index in [2.05, 4.69) is 9.59 Å². The van der Waals surface area contributed by atoms with Gasteiger partial charge in [0.2, 0.25) is 0 Å². The highest BCUT2D eigenvalue weighted by Crippen LogP contribution is 2.29. The van der Waals surface area contributed by atoms with Crippen molar-refractivity contribution in [1.82, 2.24) is 14.5 Å². The SMILES string of the molecule is CN(Cc1nnsc1Cl)C1CCCCC1S(C)(=O)=O. The molecule has 2 atom stereocenters. The van der Waals surface area contributed by atoms with Crippen LogP contribution < -0.4 is 0 Å². The minimum absolute atomic E-state index is 0.0431. The van der Waals surface area contributed by atoms with Crippen LogP contribution in [0.4, 0.5) is 0 Å². The molecule has 19 heavy (non-hydrogen) atoms. The van der Waals surface area contributed by atoms with Crippen molar-refractivity contribution in [1.29, 1.82) is 0 Å². The number of sulfone groups is 1. The Morgan fingerprint density at radius 1 is 1.42 bits per heavy atom. The van der Waals surface area contributed by atoms with E-state index in [1.165, 1.54) is 6.26 Å². The molecule has 0 bridgehead atoms. The molecular formula is C11H18ClN3O2S2. The number of hydrogen-bond acceptors (Lipinski definition) is 6. The lowest BCUT2D eigenvalue weighted by molar-refractivity contribution is 0.185. The molecule has 2 unspecified atom stereocenters. The van der Waals surface area contributed by atoms with Gasteiger partial charge in [-0.25, -0.2) is 8.42 Å². The summed E-state index contributed by atoms with van der Waals surface area (Å²) in [4.78, 5) is 2.05. The minimum Gasteiger partial charge on any atom is -0.296 e. The summed E-state index contributed by atoms with van der Waals surface area (Å²) in [6.07, 6.45) is 5.05. The van der Waals surface area contributed by atoms with Crippen molar-refractivity contribution >= 4 is 33.0 Å². The molecule has 5 nitrogen and oxygen atoms in total. The molecule has 1 aromatic rings. The number of rotatable bonds is 4. The van der Waals surface area contributed by atoms with E-state index in [9.17, 15) is 8.42 Å². The molecule has 108 valence electrons. The largest absolute Gasteiger partial charge is 0.296 e. The van der Waals surface area contributed by atoms with Crippen molar-refractivity contribution in [3.05, 3.63) is 10.0 Å². The fourth-order valence-electron chi connectivity index (χ4n) is 2.73. The average Bonchev–Trinajstić information content (AvgIpc) is 2.74. The molecular weight excluding hydrogens is 306 g/mol. The predicted octanol–water partition coefficient (Wildman–Crippen LogP) is 1.98. The van der Waals surface area contributed by atoms with Crippen molar-refractivity contribution in [3.63, 3.8) is 0 Å². The molecule has 0 amide bonds. The smallest absolute Gasteiger partial charge is 0.151 e. The topological polar surface area (TPSA) is 63.2 Å². The van der Waals surface area contributed by atoms with E-state index in [1.54, 1.807) is 0 Å². The van der Waals surface area contributed by atoms with Crippen LogP contribution in [0.5, 0.6) is 0 Å². The Morgan fingerprint density at radius 2 is 2.11 bits per heavy atom. The molecule has 0 spiro atoms. The van der Waals surface area contributed by atoms with Crippen LogP contribution >= 0.6 is 23.1 Å². The standard InChI is InChI=1S/C11H18ClN3O2S2/c1-15(7-8-11(12)18-14-13-8)9-5-3-4-6-10(9)19(2,16)17/h9-10H,3-7H2,1-2H3. The highest BCUT2D eigenvalue weighted by molar-refractivity contribution is 7.91. The summed E-state index contributed by atoms with van der Waals surface area (Å²) in [7, 11) is -1.08. The van der Waals surface area contributed by atoms with E-state index in [-0.39, 0.29) is 11.3 Å². The summed E-state index contributed by atoms with van der Waals surface area (Å²) in [5.74, 6) is 0. The van der Waals surface area contributed by atoms with Crippen LogP contribution in [-0.4, -0.2) is 47.5 Å². The van der Waals surface area contributed by atoms with Crippen LogP contribution in [0.2, 0.25) is 4.34 Å². The molecule has 1 heterocycles. The van der Waals surface area contributed by atoms with Crippen LogP contribution in [0.25, 0.3) is 0 Å². The third-order valence-corrected chi connectivity index (χ3v) is 6.33. The Kier molecular flexibility index (Phi) is 4.81. The van der Waals surface area contributed by atoms with Crippen molar-refractivity contribution in [2.75, 3.05) is 13.3 Å². The van der Waals surface area contributed by atoms with Crippen molar-refractivity contribution < 1.29 is 8.42 Å². The third kappa shape index (κ3) is 3.65. The molecule has 0 aliphatic heterocycles. The fourth-order valence-corrected chi connectivity index (χ4v) is 4.85. The summed E-state index contributed by atoms with van der Waals surface area (Å²) in [6, 6.07) is 0.0431. The Balaban J connectivity index is 2.12. The lowest BCUT2D eigenvalue weighted by Crippen LogP contribution is -2.46. The van der Waals surface area contributed by atoms with Crippen LogP contribution in [0.15, 0.2) is 0 Å². The first-order chi connectivity index (χ1) is 8.89. The molecule has 1 aliphatic carbocycles. The summed E-state index contributed by atoms with van der Waals surface area (Å²) in [5.41, 5.74) is 0.729. The van der Waals surface area contributed by atoms with Gasteiger partial charge in [-0.3, -0.25) is 4.90 Å². The molecule has 1 aliphatic rings. The minimum atomic E-state index is -3.02. The number of halogens is 1. The zero-order valence-corrected chi connectivity index (χ0v) is 13.4. The van der Waals surface area contributed by atoms with Crippen LogP contribution in [0, 0.1) is 0 Å². The second-order valence-electron chi connectivity index (χ2n) is 5.13. The second kappa shape index (κ2) is 6.03. The van der Waals surface area contributed by atoms with Crippen LogP contribution in [0.3, 0.4) is 0 Å². The highest BCUT2D eigenvalue weighted by Gasteiger charge is 2.35. The summed E-state index contributed by atoms with van der Waals surface area (Å²) in [6.45, 7) is 0.548. The molecule has 0 saturated heterocycles. The first kappa shape index (κ1) is 15.2. The first-order valence-corrected chi connectivity index (χ1v) is 9.36. The first-order valence-electron chi connectivity index (χ1n) is 6.25. The lowest BCUT2D eigenvalue weighted by Gasteiger charge is -2.36. The molecule has 0 aromatic carbocycles. The Hall–Kier alpha value is -0.240. The van der Waals surface area contributed by atoms with Gasteiger partial charge in [-0.1, -0.05) is 28.9 Å². The van der Waals surface area contributed by atoms with E-state index in [0.717, 1.165) is 42.9 Å². The predicted molar refractivity (Wildman–Crippen MR) is 77.3 cm³/mol. The van der Waals surface area contributed by atoms with Gasteiger partial charge in [-0.15, -0.1) is 5.10 Å². The normalized spacial score (nSPS) is 24.8. The maximum atomic E-state index is 11.9. The van der Waals surface area contributed by atoms with Gasteiger partial charge in [-0.05, 0) is 19.9 Å². The van der Waals surface area contributed by atoms with Crippen LogP contribution in [0.1, 0.15) is 31.4 Å². The fraction of sp³-hybridized carbons (Fsp3) is 0.818. The van der Waals surface area contributed by atoms with E-state index < -0.39 is 9.84 Å². The zero-order valence-electron chi connectivity index (χ0n) is 11.0. The third-order valence-electron chi connectivity index (χ3n) is 3.69. The summed E-state index contributed by atoms with van der Waals surface area (Å²) in [5, 5.41) is 3.70. The van der Waals surface area contributed by atoms with Gasteiger partial charge >= 0.3 is 0 Å². The molecule has 1 aromatic heterocycles. The van der Waals surface area contributed by atoms with E-state index >= 15 is 0 Å². The van der Waals surface area contributed by atoms with E-state index in [1.807, 2.05) is 11.9 Å². The zero-order chi connectivity index (χ0) is 14.0. The highest BCUT2D eigenvalue weighted by atomic mass is 35.5. The van der Waals surface area contributed by atoms with Gasteiger partial charge in [0.15, 0.2) is 9.84 Å². The lowest BCUT2D eigenvalue weighted by atomic mass is 9.94. The van der Waals surface area contributed by atoms with Gasteiger partial charge in [0.25, 0.3) is 0 Å². The molecule has 1 saturated carbocycles.